The van der Waals surface area contributed by atoms with Gasteiger partial charge in [0.1, 0.15) is 35.1 Å². The Kier molecular flexibility index (Phi) is 11.3. The fraction of sp³-hybridized carbons (Fsp3) is 0.611. The largest absolute Gasteiger partial charge is 0.444 e. The van der Waals surface area contributed by atoms with Crippen molar-refractivity contribution in [1.29, 1.82) is 0 Å². The van der Waals surface area contributed by atoms with Gasteiger partial charge in [-0.15, -0.1) is 0 Å². The van der Waals surface area contributed by atoms with E-state index in [4.69, 9.17) is 9.47 Å². The summed E-state index contributed by atoms with van der Waals surface area (Å²) in [5.41, 5.74) is -1.27. The minimum Gasteiger partial charge on any atom is -0.444 e. The van der Waals surface area contributed by atoms with Gasteiger partial charge in [0.05, 0.1) is 18.3 Å². The van der Waals surface area contributed by atoms with Gasteiger partial charge >= 0.3 is 12.2 Å². The molecular formula is C36H48FN5O10S. The molecular weight excluding hydrogens is 713 g/mol. The Labute approximate surface area is 308 Å². The fourth-order valence-electron chi connectivity index (χ4n) is 6.79. The van der Waals surface area contributed by atoms with E-state index in [0.717, 1.165) is 4.90 Å². The first-order valence-electron chi connectivity index (χ1n) is 17.8. The molecule has 1 saturated heterocycles. The smallest absolute Gasteiger partial charge is 0.410 e. The molecule has 5 atom stereocenters. The van der Waals surface area contributed by atoms with E-state index < -0.39 is 80.3 Å². The number of ketones is 1. The predicted molar refractivity (Wildman–Crippen MR) is 188 cm³/mol. The number of carbonyl (C=O) groups is 6. The van der Waals surface area contributed by atoms with Crippen molar-refractivity contribution in [2.24, 2.45) is 5.92 Å². The molecule has 1 aromatic rings. The Morgan fingerprint density at radius 1 is 1.11 bits per heavy atom. The third-order valence-corrected chi connectivity index (χ3v) is 11.8. The molecule has 4 aliphatic rings. The maximum atomic E-state index is 14.4. The number of allylic oxidation sites excluding steroid dienone is 1. The maximum absolute atomic E-state index is 14.4. The van der Waals surface area contributed by atoms with Crippen molar-refractivity contribution in [2.45, 2.75) is 127 Å². The van der Waals surface area contributed by atoms with Gasteiger partial charge in [-0.2, -0.15) is 0 Å². The Hall–Kier alpha value is -4.54. The summed E-state index contributed by atoms with van der Waals surface area (Å²) in [6.45, 7) is 11.6. The van der Waals surface area contributed by atoms with Crippen LogP contribution >= 0.6 is 0 Å². The first kappa shape index (κ1) is 39.7. The molecule has 0 bridgehead atoms. The van der Waals surface area contributed by atoms with E-state index in [9.17, 15) is 41.6 Å². The monoisotopic (exact) mass is 761 g/mol. The second-order valence-electron chi connectivity index (χ2n) is 15.4. The molecule has 1 aromatic carbocycles. The highest BCUT2D eigenvalue weighted by atomic mass is 32.2. The van der Waals surface area contributed by atoms with Crippen LogP contribution in [0.5, 0.6) is 0 Å². The zero-order valence-electron chi connectivity index (χ0n) is 30.7. The second kappa shape index (κ2) is 15.1. The predicted octanol–water partition coefficient (Wildman–Crippen LogP) is 2.96. The first-order valence-corrected chi connectivity index (χ1v) is 19.4. The number of fused-ring (bicyclic) bond motifs is 1. The molecule has 2 heterocycles. The molecule has 2 aliphatic heterocycles. The summed E-state index contributed by atoms with van der Waals surface area (Å²) >= 11 is 0. The van der Waals surface area contributed by atoms with Crippen LogP contribution < -0.4 is 15.4 Å². The number of Topliss-reactive ketones (excluding diaryl/α,β-unsaturated/α-hetero) is 1. The summed E-state index contributed by atoms with van der Waals surface area (Å²) in [5, 5.41) is 4.55. The third-order valence-electron chi connectivity index (χ3n) is 9.97. The number of carbonyl (C=O) groups excluding carboxylic acids is 6. The molecule has 53 heavy (non-hydrogen) atoms. The molecule has 15 nitrogen and oxygen atoms in total. The fourth-order valence-corrected chi connectivity index (χ4v) is 8.16. The van der Waals surface area contributed by atoms with Crippen molar-refractivity contribution in [3.8, 4) is 0 Å². The normalized spacial score (nSPS) is 24.1. The number of hydrogen-bond acceptors (Lipinski definition) is 10. The van der Waals surface area contributed by atoms with E-state index >= 15 is 0 Å². The molecule has 5 amide bonds. The summed E-state index contributed by atoms with van der Waals surface area (Å²) in [4.78, 5) is 83.1. The van der Waals surface area contributed by atoms with Crippen molar-refractivity contribution in [3.63, 3.8) is 0 Å². The van der Waals surface area contributed by atoms with Crippen LogP contribution in [0.4, 0.5) is 14.0 Å². The zero-order chi connectivity index (χ0) is 39.0. The van der Waals surface area contributed by atoms with Crippen molar-refractivity contribution in [1.82, 2.24) is 25.2 Å². The van der Waals surface area contributed by atoms with E-state index in [1.165, 1.54) is 24.0 Å². The SMILES string of the molecule is C=C(C)C(=O)CC[C@H](NC(=O)OC(C)(C)C)C(=O)N1C[C@H](OC(=O)N2Cc3cccc(F)c3C2)C[C@H]1C(=O)NC1(C(=O)NS(=O)(=O)C2CC2)CC1CC. The van der Waals surface area contributed by atoms with Gasteiger partial charge in [-0.3, -0.25) is 28.8 Å². The van der Waals surface area contributed by atoms with Gasteiger partial charge in [0.2, 0.25) is 21.8 Å². The van der Waals surface area contributed by atoms with Crippen LogP contribution in [0, 0.1) is 11.7 Å². The van der Waals surface area contributed by atoms with E-state index in [-0.39, 0.29) is 62.6 Å². The number of sulfonamides is 1. The summed E-state index contributed by atoms with van der Waals surface area (Å²) in [5.74, 6) is -3.64. The number of rotatable bonds is 13. The number of amides is 5. The lowest BCUT2D eigenvalue weighted by molar-refractivity contribution is -0.141. The van der Waals surface area contributed by atoms with Gasteiger partial charge in [-0.1, -0.05) is 32.1 Å². The number of nitrogens with zero attached hydrogens (tertiary/aromatic N) is 2. The number of hydrogen-bond donors (Lipinski definition) is 3. The highest BCUT2D eigenvalue weighted by molar-refractivity contribution is 7.91. The molecule has 2 unspecified atom stereocenters. The van der Waals surface area contributed by atoms with Gasteiger partial charge in [0, 0.05) is 24.9 Å². The number of halogens is 1. The number of benzene rings is 1. The molecule has 290 valence electrons. The van der Waals surface area contributed by atoms with E-state index in [1.54, 1.807) is 33.8 Å². The van der Waals surface area contributed by atoms with Crippen LogP contribution in [0.3, 0.4) is 0 Å². The standard InChI is InChI=1S/C36H48FN5O10S/c1-7-22-16-36(22,32(46)40-53(49,50)24-11-12-24)39-30(44)28-15-23(51-34(48)41-17-21-9-8-10-26(37)25(21)19-41)18-42(28)31(45)27(13-14-29(43)20(2)3)38-33(47)52-35(4,5)6/h8-10,22-24,27-28H,2,7,11-19H2,1,3-6H3,(H,38,47)(H,39,44)(H,40,46)/t22?,23-,27+,28+,36?/m1/s1. The van der Waals surface area contributed by atoms with Crippen molar-refractivity contribution in [3.05, 3.63) is 47.3 Å². The van der Waals surface area contributed by atoms with E-state index in [2.05, 4.69) is 21.9 Å². The summed E-state index contributed by atoms with van der Waals surface area (Å²) in [6, 6.07) is 1.83. The van der Waals surface area contributed by atoms with E-state index in [1.807, 2.05) is 0 Å². The van der Waals surface area contributed by atoms with Gasteiger partial charge in [0.15, 0.2) is 5.78 Å². The third kappa shape index (κ3) is 9.16. The molecule has 3 fully saturated rings. The topological polar surface area (TPSA) is 198 Å². The first-order chi connectivity index (χ1) is 24.7. The summed E-state index contributed by atoms with van der Waals surface area (Å²) in [7, 11) is -3.94. The maximum Gasteiger partial charge on any atom is 0.410 e. The quantitative estimate of drug-likeness (QED) is 0.251. The molecule has 3 N–H and O–H groups in total. The number of nitrogens with one attached hydrogen (secondary N) is 3. The molecule has 0 spiro atoms. The summed E-state index contributed by atoms with van der Waals surface area (Å²) < 4.78 is 53.0. The minimum absolute atomic E-state index is 0.0431. The average molecular weight is 762 g/mol. The van der Waals surface area contributed by atoms with Crippen molar-refractivity contribution in [2.75, 3.05) is 6.54 Å². The molecule has 17 heteroatoms. The van der Waals surface area contributed by atoms with Gasteiger partial charge in [-0.25, -0.2) is 22.4 Å². The van der Waals surface area contributed by atoms with Crippen LogP contribution in [0.25, 0.3) is 0 Å². The van der Waals surface area contributed by atoms with Gasteiger partial charge in [-0.05, 0) is 76.5 Å². The Balaban J connectivity index is 1.39. The molecule has 0 radical (unpaired) electrons. The van der Waals surface area contributed by atoms with Gasteiger partial charge < -0.3 is 25.0 Å². The summed E-state index contributed by atoms with van der Waals surface area (Å²) in [6.07, 6.45) is -1.90. The lowest BCUT2D eigenvalue weighted by Gasteiger charge is -2.30. The van der Waals surface area contributed by atoms with Crippen LogP contribution in [-0.4, -0.2) is 95.0 Å². The van der Waals surface area contributed by atoms with Crippen LogP contribution in [0.1, 0.15) is 90.7 Å². The minimum atomic E-state index is -3.94. The molecule has 2 saturated carbocycles. The lowest BCUT2D eigenvalue weighted by Crippen LogP contribution is -2.58. The van der Waals surface area contributed by atoms with Crippen LogP contribution in [0.15, 0.2) is 30.4 Å². The number of alkyl carbamates (subject to hydrolysis) is 1. The van der Waals surface area contributed by atoms with Crippen LogP contribution in [-0.2, 0) is 51.8 Å². The Morgan fingerprint density at radius 3 is 2.40 bits per heavy atom. The van der Waals surface area contributed by atoms with E-state index in [0.29, 0.717) is 30.4 Å². The van der Waals surface area contributed by atoms with Gasteiger partial charge in [0.25, 0.3) is 5.91 Å². The molecule has 0 aromatic heterocycles. The zero-order valence-corrected chi connectivity index (χ0v) is 31.5. The molecule has 5 rings (SSSR count). The average Bonchev–Trinajstić information content (AvgIpc) is 3.96. The lowest BCUT2D eigenvalue weighted by atomic mass is 10.0. The Bertz CT molecular complexity index is 1810. The van der Waals surface area contributed by atoms with Crippen LogP contribution in [0.2, 0.25) is 0 Å². The number of ether oxygens (including phenoxy) is 2. The van der Waals surface area contributed by atoms with Crippen molar-refractivity contribution < 1.29 is 51.0 Å². The highest BCUT2D eigenvalue weighted by Gasteiger charge is 2.62. The number of likely N-dealkylation sites (tertiary alicyclic amines) is 1. The highest BCUT2D eigenvalue weighted by Crippen LogP contribution is 2.47. The van der Waals surface area contributed by atoms with Crippen molar-refractivity contribution >= 4 is 45.7 Å². The molecule has 2 aliphatic carbocycles. The Morgan fingerprint density at radius 2 is 1.81 bits per heavy atom. The second-order valence-corrected chi connectivity index (χ2v) is 17.3.